The summed E-state index contributed by atoms with van der Waals surface area (Å²) < 4.78 is 28.5. The first kappa shape index (κ1) is 21.1. The number of non-ortho nitro benzene ring substituents is 1. The van der Waals surface area contributed by atoms with Gasteiger partial charge in [0.05, 0.1) is 40.1 Å². The number of hydrogen-bond acceptors (Lipinski definition) is 8. The first-order valence-electron chi connectivity index (χ1n) is 11.0. The number of nitro benzene ring substituents is 1. The number of nitrogens with zero attached hydrogens (tertiary/aromatic N) is 5. The van der Waals surface area contributed by atoms with E-state index in [1.165, 1.54) is 29.9 Å². The van der Waals surface area contributed by atoms with Crippen molar-refractivity contribution in [3.63, 3.8) is 0 Å². The van der Waals surface area contributed by atoms with Crippen LogP contribution in [0.15, 0.2) is 48.9 Å². The Morgan fingerprint density at radius 2 is 2.18 bits per heavy atom. The number of nitro groups is 1. The fourth-order valence-electron chi connectivity index (χ4n) is 4.31. The number of halogens is 1. The van der Waals surface area contributed by atoms with Gasteiger partial charge in [0.25, 0.3) is 5.69 Å². The summed E-state index contributed by atoms with van der Waals surface area (Å²) >= 11 is 1.47. The van der Waals surface area contributed by atoms with E-state index in [0.717, 1.165) is 52.8 Å². The Morgan fingerprint density at radius 1 is 1.26 bits per heavy atom. The lowest BCUT2D eigenvalue weighted by Gasteiger charge is -2.22. The van der Waals surface area contributed by atoms with Crippen LogP contribution in [0.1, 0.15) is 12.8 Å². The molecule has 2 fully saturated rings. The molecule has 2 saturated heterocycles. The maximum atomic E-state index is 14.3. The Kier molecular flexibility index (Phi) is 5.24. The number of piperidine rings is 1. The number of benzene rings is 1. The lowest BCUT2D eigenvalue weighted by Crippen LogP contribution is -2.35. The second-order valence-electron chi connectivity index (χ2n) is 8.34. The third-order valence-electron chi connectivity index (χ3n) is 6.11. The predicted octanol–water partition coefficient (Wildman–Crippen LogP) is 4.82. The van der Waals surface area contributed by atoms with Gasteiger partial charge in [-0.3, -0.25) is 24.7 Å². The van der Waals surface area contributed by atoms with Crippen LogP contribution in [0.3, 0.4) is 0 Å². The molecule has 11 heteroatoms. The molecule has 5 heterocycles. The summed E-state index contributed by atoms with van der Waals surface area (Å²) in [5, 5.41) is 15.4. The molecule has 0 bridgehead atoms. The van der Waals surface area contributed by atoms with E-state index in [2.05, 4.69) is 15.0 Å². The zero-order chi connectivity index (χ0) is 23.2. The zero-order valence-electron chi connectivity index (χ0n) is 18.0. The lowest BCUT2D eigenvalue weighted by atomic mass is 10.1. The van der Waals surface area contributed by atoms with Crippen LogP contribution in [0.4, 0.5) is 10.1 Å². The van der Waals surface area contributed by atoms with E-state index in [1.54, 1.807) is 12.3 Å². The van der Waals surface area contributed by atoms with E-state index in [9.17, 15) is 14.5 Å². The molecule has 0 spiro atoms. The molecule has 0 amide bonds. The van der Waals surface area contributed by atoms with Crippen molar-refractivity contribution in [3.8, 4) is 21.9 Å². The first-order chi connectivity index (χ1) is 16.5. The predicted molar refractivity (Wildman–Crippen MR) is 123 cm³/mol. The normalized spacial score (nSPS) is 19.8. The van der Waals surface area contributed by atoms with Crippen molar-refractivity contribution in [2.75, 3.05) is 13.1 Å². The molecule has 0 radical (unpaired) electrons. The number of fused-ring (bicyclic) bond motifs is 2. The van der Waals surface area contributed by atoms with Gasteiger partial charge in [-0.2, -0.15) is 5.10 Å². The van der Waals surface area contributed by atoms with Crippen molar-refractivity contribution in [1.82, 2.24) is 19.7 Å². The van der Waals surface area contributed by atoms with Gasteiger partial charge in [-0.05, 0) is 25.0 Å². The summed E-state index contributed by atoms with van der Waals surface area (Å²) in [4.78, 5) is 18.0. The Balaban J connectivity index is 1.20. The van der Waals surface area contributed by atoms with Gasteiger partial charge in [0, 0.05) is 48.1 Å². The highest BCUT2D eigenvalue weighted by molar-refractivity contribution is 7.22. The fourth-order valence-corrected chi connectivity index (χ4v) is 5.35. The van der Waals surface area contributed by atoms with Crippen molar-refractivity contribution in [2.45, 2.75) is 31.7 Å². The third kappa shape index (κ3) is 4.02. The first-order valence-corrected chi connectivity index (χ1v) is 11.8. The maximum Gasteiger partial charge on any atom is 0.272 e. The molecule has 9 nitrogen and oxygen atoms in total. The Bertz CT molecular complexity index is 1390. The molecule has 2 atom stereocenters. The standard InChI is InChI=1S/C23H20FN5O4S/c24-16-10-15(29(30)31)3-4-18(16)32-19-5-6-25-17-11-21(34-22(17)19)14-12-26-28(13-14)9-8-27-7-1-2-20-23(27)33-20/h3-6,10-13,20,23H,1-2,7-9H2. The van der Waals surface area contributed by atoms with Gasteiger partial charge in [0.15, 0.2) is 11.6 Å². The molecule has 2 unspecified atom stereocenters. The quantitative estimate of drug-likeness (QED) is 0.212. The van der Waals surface area contributed by atoms with Gasteiger partial charge in [0.2, 0.25) is 0 Å². The summed E-state index contributed by atoms with van der Waals surface area (Å²) in [6.07, 6.45) is 8.47. The molecule has 0 saturated carbocycles. The average molecular weight is 482 g/mol. The van der Waals surface area contributed by atoms with Crippen LogP contribution >= 0.6 is 11.3 Å². The van der Waals surface area contributed by atoms with Gasteiger partial charge >= 0.3 is 0 Å². The summed E-state index contributed by atoms with van der Waals surface area (Å²) in [7, 11) is 0. The molecular weight excluding hydrogens is 461 g/mol. The molecular formula is C23H20FN5O4S. The number of thiophene rings is 1. The molecule has 6 rings (SSSR count). The summed E-state index contributed by atoms with van der Waals surface area (Å²) in [6.45, 7) is 2.74. The van der Waals surface area contributed by atoms with E-state index in [0.29, 0.717) is 11.9 Å². The van der Waals surface area contributed by atoms with Gasteiger partial charge in [0.1, 0.15) is 12.0 Å². The molecule has 0 aliphatic carbocycles. The van der Waals surface area contributed by atoms with Crippen LogP contribution < -0.4 is 4.74 Å². The SMILES string of the molecule is O=[N+]([O-])c1ccc(Oc2ccnc3cc(-c4cnn(CCN5CCCC6OC65)c4)sc23)c(F)c1. The maximum absolute atomic E-state index is 14.3. The van der Waals surface area contributed by atoms with E-state index in [4.69, 9.17) is 9.47 Å². The fraction of sp³-hybridized carbons (Fsp3) is 0.304. The summed E-state index contributed by atoms with van der Waals surface area (Å²) in [5.41, 5.74) is 1.36. The van der Waals surface area contributed by atoms with Gasteiger partial charge in [-0.15, -0.1) is 11.3 Å². The second kappa shape index (κ2) is 8.42. The summed E-state index contributed by atoms with van der Waals surface area (Å²) in [6, 6.07) is 6.92. The zero-order valence-corrected chi connectivity index (χ0v) is 18.8. The van der Waals surface area contributed by atoms with Crippen molar-refractivity contribution < 1.29 is 18.8 Å². The largest absolute Gasteiger partial charge is 0.453 e. The summed E-state index contributed by atoms with van der Waals surface area (Å²) in [5.74, 6) is -0.445. The Morgan fingerprint density at radius 3 is 3.03 bits per heavy atom. The van der Waals surface area contributed by atoms with Crippen LogP contribution in [0.25, 0.3) is 20.7 Å². The molecule has 2 aliphatic heterocycles. The van der Waals surface area contributed by atoms with E-state index >= 15 is 0 Å². The van der Waals surface area contributed by atoms with Crippen LogP contribution in [0.2, 0.25) is 0 Å². The van der Waals surface area contributed by atoms with Crippen LogP contribution in [0, 0.1) is 15.9 Å². The number of pyridine rings is 1. The van der Waals surface area contributed by atoms with Crippen molar-refractivity contribution >= 4 is 27.2 Å². The molecule has 4 aromatic rings. The van der Waals surface area contributed by atoms with Crippen molar-refractivity contribution in [3.05, 3.63) is 64.9 Å². The Hall–Kier alpha value is -3.41. The minimum absolute atomic E-state index is 0.0829. The minimum Gasteiger partial charge on any atom is -0.453 e. The topological polar surface area (TPSA) is 98.9 Å². The number of hydrogen-bond donors (Lipinski definition) is 0. The van der Waals surface area contributed by atoms with Gasteiger partial charge in [-0.1, -0.05) is 0 Å². The number of epoxide rings is 1. The van der Waals surface area contributed by atoms with Crippen LogP contribution in [-0.4, -0.2) is 50.0 Å². The average Bonchev–Trinajstić information content (AvgIpc) is 3.26. The molecule has 1 aromatic carbocycles. The third-order valence-corrected chi connectivity index (χ3v) is 7.29. The van der Waals surface area contributed by atoms with E-state index in [1.807, 2.05) is 23.1 Å². The van der Waals surface area contributed by atoms with Crippen molar-refractivity contribution in [2.24, 2.45) is 0 Å². The number of aromatic nitrogens is 3. The molecule has 3 aromatic heterocycles. The highest BCUT2D eigenvalue weighted by Gasteiger charge is 2.45. The monoisotopic (exact) mass is 481 g/mol. The molecule has 174 valence electrons. The van der Waals surface area contributed by atoms with Crippen LogP contribution in [0.5, 0.6) is 11.5 Å². The second-order valence-corrected chi connectivity index (χ2v) is 9.40. The van der Waals surface area contributed by atoms with Gasteiger partial charge < -0.3 is 9.47 Å². The lowest BCUT2D eigenvalue weighted by molar-refractivity contribution is -0.385. The number of ether oxygens (including phenoxy) is 2. The van der Waals surface area contributed by atoms with Gasteiger partial charge in [-0.25, -0.2) is 4.39 Å². The van der Waals surface area contributed by atoms with E-state index in [-0.39, 0.29) is 17.7 Å². The molecule has 2 aliphatic rings. The van der Waals surface area contributed by atoms with Crippen molar-refractivity contribution in [1.29, 1.82) is 0 Å². The highest BCUT2D eigenvalue weighted by atomic mass is 32.1. The van der Waals surface area contributed by atoms with Crippen LogP contribution in [-0.2, 0) is 11.3 Å². The Labute approximate surface area is 197 Å². The molecule has 0 N–H and O–H groups in total. The minimum atomic E-state index is -0.797. The smallest absolute Gasteiger partial charge is 0.272 e. The van der Waals surface area contributed by atoms with E-state index < -0.39 is 10.7 Å². The number of rotatable bonds is 7. The number of likely N-dealkylation sites (tertiary alicyclic amines) is 1. The highest BCUT2D eigenvalue weighted by Crippen LogP contribution is 2.40. The molecule has 34 heavy (non-hydrogen) atoms.